The van der Waals surface area contributed by atoms with E-state index in [-0.39, 0.29) is 16.8 Å². The number of anilines is 2. The van der Waals surface area contributed by atoms with Gasteiger partial charge in [-0.25, -0.2) is 23.1 Å². The van der Waals surface area contributed by atoms with Crippen molar-refractivity contribution in [1.82, 2.24) is 19.7 Å². The first-order valence-electron chi connectivity index (χ1n) is 8.83. The topological polar surface area (TPSA) is 119 Å². The van der Waals surface area contributed by atoms with Crippen molar-refractivity contribution in [3.05, 3.63) is 58.7 Å². The summed E-state index contributed by atoms with van der Waals surface area (Å²) in [5.74, 6) is -0.284. The summed E-state index contributed by atoms with van der Waals surface area (Å²) in [5, 5.41) is 6.99. The molecule has 0 aliphatic rings. The molecule has 3 rings (SSSR count). The largest absolute Gasteiger partial charge is 0.322 e. The van der Waals surface area contributed by atoms with E-state index >= 15 is 0 Å². The number of aryl methyl sites for hydroxylation is 4. The van der Waals surface area contributed by atoms with Crippen molar-refractivity contribution in [3.63, 3.8) is 0 Å². The SMILES string of the molecule is Cc1cc(C)nc(NS(=O)(=O)c2ccc(NC(=O)c3c(C)nn(C)c3C)cc2)n1. The van der Waals surface area contributed by atoms with E-state index in [4.69, 9.17) is 0 Å². The second kappa shape index (κ2) is 7.63. The standard InChI is InChI=1S/C19H22N6O3S/c1-11-10-12(2)21-19(20-11)24-29(27,28)16-8-6-15(7-9-16)22-18(26)17-13(3)23-25(5)14(17)4/h6-10H,1-5H3,(H,22,26)(H,20,21,24). The second-order valence-corrected chi connectivity index (χ2v) is 8.41. The molecule has 1 amide bonds. The maximum Gasteiger partial charge on any atom is 0.264 e. The van der Waals surface area contributed by atoms with E-state index < -0.39 is 10.0 Å². The van der Waals surface area contributed by atoms with Crippen LogP contribution in [0, 0.1) is 27.7 Å². The van der Waals surface area contributed by atoms with Crippen LogP contribution in [0.15, 0.2) is 35.2 Å². The number of rotatable bonds is 5. The fourth-order valence-corrected chi connectivity index (χ4v) is 3.91. The van der Waals surface area contributed by atoms with Gasteiger partial charge in [0.2, 0.25) is 5.95 Å². The van der Waals surface area contributed by atoms with Crippen LogP contribution in [-0.2, 0) is 17.1 Å². The molecule has 1 aromatic carbocycles. The van der Waals surface area contributed by atoms with Crippen LogP contribution in [0.25, 0.3) is 0 Å². The third-order valence-corrected chi connectivity index (χ3v) is 5.71. The highest BCUT2D eigenvalue weighted by molar-refractivity contribution is 7.92. The first kappa shape index (κ1) is 20.5. The van der Waals surface area contributed by atoms with Gasteiger partial charge in [0.05, 0.1) is 16.2 Å². The van der Waals surface area contributed by atoms with Crippen LogP contribution in [0.1, 0.15) is 33.1 Å². The summed E-state index contributed by atoms with van der Waals surface area (Å²) in [4.78, 5) is 20.8. The minimum atomic E-state index is -3.86. The number of hydrogen-bond donors (Lipinski definition) is 2. The molecule has 152 valence electrons. The number of amides is 1. The van der Waals surface area contributed by atoms with Crippen molar-refractivity contribution < 1.29 is 13.2 Å². The molecule has 0 spiro atoms. The minimum Gasteiger partial charge on any atom is -0.322 e. The van der Waals surface area contributed by atoms with Crippen molar-refractivity contribution in [2.45, 2.75) is 32.6 Å². The molecular weight excluding hydrogens is 392 g/mol. The summed E-state index contributed by atoms with van der Waals surface area (Å²) < 4.78 is 29.2. The monoisotopic (exact) mass is 414 g/mol. The number of nitrogens with zero attached hydrogens (tertiary/aromatic N) is 4. The molecule has 0 atom stereocenters. The lowest BCUT2D eigenvalue weighted by molar-refractivity contribution is 0.102. The van der Waals surface area contributed by atoms with Gasteiger partial charge >= 0.3 is 0 Å². The summed E-state index contributed by atoms with van der Waals surface area (Å²) in [6, 6.07) is 7.61. The first-order chi connectivity index (χ1) is 13.6. The molecule has 0 radical (unpaired) electrons. The van der Waals surface area contributed by atoms with Gasteiger partial charge < -0.3 is 5.32 Å². The molecule has 0 unspecified atom stereocenters. The van der Waals surface area contributed by atoms with Crippen molar-refractivity contribution in [1.29, 1.82) is 0 Å². The van der Waals surface area contributed by atoms with Gasteiger partial charge in [0.25, 0.3) is 15.9 Å². The molecule has 29 heavy (non-hydrogen) atoms. The highest BCUT2D eigenvalue weighted by Crippen LogP contribution is 2.19. The third kappa shape index (κ3) is 4.43. The van der Waals surface area contributed by atoms with E-state index in [1.54, 1.807) is 38.6 Å². The number of carbonyl (C=O) groups excluding carboxylic acids is 1. The number of sulfonamides is 1. The Balaban J connectivity index is 1.77. The summed E-state index contributed by atoms with van der Waals surface area (Å²) in [7, 11) is -2.09. The summed E-state index contributed by atoms with van der Waals surface area (Å²) in [5.41, 5.74) is 3.66. The zero-order chi connectivity index (χ0) is 21.3. The Hall–Kier alpha value is -3.27. The number of hydrogen-bond acceptors (Lipinski definition) is 6. The Morgan fingerprint density at radius 2 is 1.59 bits per heavy atom. The molecule has 3 aromatic rings. The van der Waals surface area contributed by atoms with E-state index in [9.17, 15) is 13.2 Å². The lowest BCUT2D eigenvalue weighted by atomic mass is 10.2. The Kier molecular flexibility index (Phi) is 5.38. The smallest absolute Gasteiger partial charge is 0.264 e. The molecular formula is C19H22N6O3S. The predicted molar refractivity (Wildman–Crippen MR) is 109 cm³/mol. The summed E-state index contributed by atoms with van der Waals surface area (Å²) in [6.07, 6.45) is 0. The molecule has 0 bridgehead atoms. The zero-order valence-electron chi connectivity index (χ0n) is 16.8. The fourth-order valence-electron chi connectivity index (χ4n) is 2.96. The van der Waals surface area contributed by atoms with Gasteiger partial charge in [0.15, 0.2) is 0 Å². The van der Waals surface area contributed by atoms with Crippen LogP contribution in [0.4, 0.5) is 11.6 Å². The predicted octanol–water partition coefficient (Wildman–Crippen LogP) is 2.50. The first-order valence-corrected chi connectivity index (χ1v) is 10.3. The lowest BCUT2D eigenvalue weighted by Gasteiger charge is -2.09. The van der Waals surface area contributed by atoms with Gasteiger partial charge in [-0.3, -0.25) is 9.48 Å². The summed E-state index contributed by atoms with van der Waals surface area (Å²) >= 11 is 0. The van der Waals surface area contributed by atoms with Crippen LogP contribution in [-0.4, -0.2) is 34.1 Å². The number of carbonyl (C=O) groups is 1. The molecule has 10 heteroatoms. The highest BCUT2D eigenvalue weighted by atomic mass is 32.2. The summed E-state index contributed by atoms with van der Waals surface area (Å²) in [6.45, 7) is 7.09. The van der Waals surface area contributed by atoms with E-state index in [2.05, 4.69) is 25.1 Å². The van der Waals surface area contributed by atoms with Gasteiger partial charge in [-0.1, -0.05) is 0 Å². The van der Waals surface area contributed by atoms with Gasteiger partial charge in [0, 0.05) is 29.8 Å². The molecule has 9 nitrogen and oxygen atoms in total. The van der Waals surface area contributed by atoms with Crippen LogP contribution >= 0.6 is 0 Å². The molecule has 2 N–H and O–H groups in total. The maximum atomic E-state index is 12.6. The van der Waals surface area contributed by atoms with Crippen molar-refractivity contribution in [2.75, 3.05) is 10.0 Å². The van der Waals surface area contributed by atoms with Crippen LogP contribution in [0.3, 0.4) is 0 Å². The third-order valence-electron chi connectivity index (χ3n) is 4.37. The van der Waals surface area contributed by atoms with Crippen molar-refractivity contribution in [2.24, 2.45) is 7.05 Å². The number of nitrogens with one attached hydrogen (secondary N) is 2. The van der Waals surface area contributed by atoms with E-state index in [1.807, 2.05) is 6.92 Å². The molecule has 0 saturated carbocycles. The minimum absolute atomic E-state index is 0.0161. The van der Waals surface area contributed by atoms with Crippen LogP contribution in [0.5, 0.6) is 0 Å². The molecule has 0 fully saturated rings. The Bertz CT molecular complexity index is 1160. The molecule has 2 heterocycles. The highest BCUT2D eigenvalue weighted by Gasteiger charge is 2.19. The van der Waals surface area contributed by atoms with Gasteiger partial charge in [-0.15, -0.1) is 0 Å². The zero-order valence-corrected chi connectivity index (χ0v) is 17.6. The second-order valence-electron chi connectivity index (χ2n) is 6.73. The Morgan fingerprint density at radius 3 is 2.10 bits per heavy atom. The van der Waals surface area contributed by atoms with E-state index in [0.717, 1.165) is 5.69 Å². The molecule has 0 saturated heterocycles. The van der Waals surface area contributed by atoms with Crippen molar-refractivity contribution >= 4 is 27.6 Å². The fraction of sp³-hybridized carbons (Fsp3) is 0.263. The molecule has 0 aliphatic heterocycles. The van der Waals surface area contributed by atoms with E-state index in [0.29, 0.717) is 28.3 Å². The number of aromatic nitrogens is 4. The van der Waals surface area contributed by atoms with Gasteiger partial charge in [-0.05, 0) is 58.0 Å². The van der Waals surface area contributed by atoms with Crippen LogP contribution < -0.4 is 10.0 Å². The Morgan fingerprint density at radius 1 is 1.00 bits per heavy atom. The quantitative estimate of drug-likeness (QED) is 0.662. The van der Waals surface area contributed by atoms with Gasteiger partial charge in [0.1, 0.15) is 0 Å². The van der Waals surface area contributed by atoms with Crippen LogP contribution in [0.2, 0.25) is 0 Å². The van der Waals surface area contributed by atoms with Gasteiger partial charge in [-0.2, -0.15) is 5.10 Å². The average molecular weight is 414 g/mol. The maximum absolute atomic E-state index is 12.6. The molecule has 0 aliphatic carbocycles. The lowest BCUT2D eigenvalue weighted by Crippen LogP contribution is -2.16. The Labute approximate surface area is 169 Å². The normalized spacial score (nSPS) is 11.3. The van der Waals surface area contributed by atoms with E-state index in [1.165, 1.54) is 24.3 Å². The molecule has 2 aromatic heterocycles. The van der Waals surface area contributed by atoms with Crippen molar-refractivity contribution in [3.8, 4) is 0 Å². The number of benzene rings is 1. The average Bonchev–Trinajstić information content (AvgIpc) is 2.86.